The van der Waals surface area contributed by atoms with E-state index in [0.717, 1.165) is 28.1 Å². The number of methoxy groups -OCH3 is 1. The van der Waals surface area contributed by atoms with Gasteiger partial charge in [-0.05, 0) is 104 Å². The van der Waals surface area contributed by atoms with Crippen molar-refractivity contribution in [1.82, 2.24) is 9.96 Å². The first-order valence-electron chi connectivity index (χ1n) is 32.0. The fourth-order valence-corrected chi connectivity index (χ4v) is 11.7. The van der Waals surface area contributed by atoms with Gasteiger partial charge in [0.05, 0.1) is 168 Å². The number of nitrogens with one attached hydrogen (secondary N) is 1. The lowest BCUT2D eigenvalue weighted by molar-refractivity contribution is -0.537. The highest BCUT2D eigenvalue weighted by atomic mass is 32.2. The van der Waals surface area contributed by atoms with Gasteiger partial charge >= 0.3 is 5.97 Å². The van der Waals surface area contributed by atoms with Crippen LogP contribution in [-0.4, -0.2) is 227 Å². The van der Waals surface area contributed by atoms with E-state index in [1.54, 1.807) is 24.1 Å². The normalized spacial score (nSPS) is 17.0. The van der Waals surface area contributed by atoms with Crippen molar-refractivity contribution in [3.8, 4) is 11.5 Å². The monoisotopic (exact) mass is 1300 g/mol. The number of fused-ring (bicyclic) bond motifs is 4. The lowest BCUT2D eigenvalue weighted by Crippen LogP contribution is -2.80. The second kappa shape index (κ2) is 36.9. The zero-order valence-corrected chi connectivity index (χ0v) is 55.6. The van der Waals surface area contributed by atoms with Gasteiger partial charge in [0.1, 0.15) is 11.5 Å². The molecule has 0 spiro atoms. The van der Waals surface area contributed by atoms with Crippen LogP contribution >= 0.6 is 0 Å². The van der Waals surface area contributed by atoms with E-state index in [-0.39, 0.29) is 79.8 Å². The van der Waals surface area contributed by atoms with Crippen molar-refractivity contribution in [2.75, 3.05) is 178 Å². The van der Waals surface area contributed by atoms with Gasteiger partial charge in [-0.3, -0.25) is 14.4 Å². The summed E-state index contributed by atoms with van der Waals surface area (Å²) in [7, 11) is -2.13. The molecule has 506 valence electrons. The molecule has 0 saturated carbocycles. The fraction of sp³-hybridized carbons (Fsp3) is 0.657. The molecule has 0 radical (unpaired) electrons. The standard InChI is InChI=1S/C67H97N3O20S/c1-48-42-50-43-59-54(45-56(50)66(48,3)4)64(55-46-57-58(47-60(55)89-59)68-49(2)67(57,5)6)53-44-51(91(8,75)76)13-14-52(53)65(74)69(17-11-9-10-12-63(73)90-70-61(71)15-16-62(70)72)18-19-78-22-23-80-26-27-82-30-31-84-34-35-86-38-39-88-41-40-87-37-36-85-33-32-83-29-28-81-25-24-79-21-20-77-7/h13-14,43-49H,9-12,15-42H2,1-8H3/p+1. The Morgan fingerprint density at radius 3 is 1.57 bits per heavy atom. The Bertz CT molecular complexity index is 3080. The summed E-state index contributed by atoms with van der Waals surface area (Å²) in [6, 6.07) is 13.3. The van der Waals surface area contributed by atoms with Crippen LogP contribution in [0.25, 0.3) is 5.57 Å². The lowest BCUT2D eigenvalue weighted by atomic mass is 9.77. The molecule has 3 amide bonds. The average molecular weight is 1300 g/mol. The second-order valence-corrected chi connectivity index (χ2v) is 26.2. The van der Waals surface area contributed by atoms with Crippen LogP contribution < -0.4 is 20.3 Å². The van der Waals surface area contributed by atoms with Crippen molar-refractivity contribution in [2.45, 2.75) is 108 Å². The number of imide groups is 1. The minimum atomic E-state index is -3.76. The molecule has 91 heavy (non-hydrogen) atoms. The number of ether oxygens (including phenoxy) is 13. The van der Waals surface area contributed by atoms with Crippen LogP contribution in [0.4, 0.5) is 0 Å². The molecule has 4 aliphatic rings. The lowest BCUT2D eigenvalue weighted by Gasteiger charge is -2.29. The molecular weight excluding hydrogens is 1200 g/mol. The number of carbonyl (C=O) groups excluding carboxylic acids is 4. The topological polar surface area (TPSA) is 252 Å². The summed E-state index contributed by atoms with van der Waals surface area (Å²) in [4.78, 5) is 62.8. The largest absolute Gasteiger partial charge is 0.456 e. The molecule has 1 saturated heterocycles. The number of nitrogens with zero attached hydrogens (tertiary/aromatic N) is 2. The molecule has 2 atom stereocenters. The number of rotatable bonds is 46. The van der Waals surface area contributed by atoms with Crippen LogP contribution in [0.5, 0.6) is 11.5 Å². The SMILES string of the molecule is COCCOCCOCCOCCOCCOCCOCCOCCOCCOCCOCCOCCN(CCCCCC(=O)ON1C(=O)CCC1=O)C(=O)c1ccc(S(C)(=O)=O)cc1C1=c2cc3c(cc2Oc2cc4c(cc21)C(C)(C)C(C)C4)=[NH+]C(C)C3(C)C. The molecule has 1 aliphatic carbocycles. The molecule has 1 N–H and O–H groups in total. The quantitative estimate of drug-likeness (QED) is 0.0489. The summed E-state index contributed by atoms with van der Waals surface area (Å²) in [5.41, 5.74) is 5.24. The highest BCUT2D eigenvalue weighted by Gasteiger charge is 2.42. The van der Waals surface area contributed by atoms with Crippen LogP contribution in [0, 0.1) is 5.92 Å². The maximum atomic E-state index is 15.5. The van der Waals surface area contributed by atoms with Gasteiger partial charge in [0.2, 0.25) is 5.36 Å². The Labute approximate surface area is 536 Å². The molecule has 23 nitrogen and oxygen atoms in total. The van der Waals surface area contributed by atoms with Crippen LogP contribution in [0.3, 0.4) is 0 Å². The molecule has 1 fully saturated rings. The summed E-state index contributed by atoms with van der Waals surface area (Å²) < 4.78 is 100. The first-order valence-corrected chi connectivity index (χ1v) is 33.9. The average Bonchev–Trinajstić information content (AvgIpc) is 1.73. The van der Waals surface area contributed by atoms with Gasteiger partial charge in [-0.2, -0.15) is 0 Å². The van der Waals surface area contributed by atoms with Crippen molar-refractivity contribution < 1.29 is 99.0 Å². The maximum Gasteiger partial charge on any atom is 0.333 e. The van der Waals surface area contributed by atoms with Gasteiger partial charge in [0.25, 0.3) is 17.7 Å². The van der Waals surface area contributed by atoms with Gasteiger partial charge in [-0.25, -0.2) is 18.2 Å². The number of amides is 3. The van der Waals surface area contributed by atoms with Crippen molar-refractivity contribution in [1.29, 1.82) is 0 Å². The van der Waals surface area contributed by atoms with E-state index in [9.17, 15) is 22.8 Å². The minimum absolute atomic E-state index is 0.000814. The number of hydrogen-bond donors (Lipinski definition) is 1. The van der Waals surface area contributed by atoms with E-state index in [4.69, 9.17) is 66.4 Å². The third-order valence-corrected chi connectivity index (χ3v) is 18.2. The van der Waals surface area contributed by atoms with Gasteiger partial charge in [0.15, 0.2) is 15.9 Å². The maximum absolute atomic E-state index is 15.5. The van der Waals surface area contributed by atoms with Crippen molar-refractivity contribution in [3.63, 3.8) is 0 Å². The Morgan fingerprint density at radius 2 is 1.08 bits per heavy atom. The second-order valence-electron chi connectivity index (χ2n) is 24.1. The van der Waals surface area contributed by atoms with Crippen molar-refractivity contribution in [2.24, 2.45) is 5.92 Å². The Kier molecular flexibility index (Phi) is 29.7. The summed E-state index contributed by atoms with van der Waals surface area (Å²) in [5.74, 6) is -0.543. The van der Waals surface area contributed by atoms with Crippen molar-refractivity contribution in [3.05, 3.63) is 86.4 Å². The number of sulfone groups is 1. The van der Waals surface area contributed by atoms with Gasteiger partial charge in [-0.15, -0.1) is 5.06 Å². The molecule has 7 rings (SSSR count). The smallest absolute Gasteiger partial charge is 0.333 e. The molecular formula is C67H98N3O20S+. The van der Waals surface area contributed by atoms with E-state index < -0.39 is 27.6 Å². The van der Waals surface area contributed by atoms with Gasteiger partial charge < -0.3 is 71.3 Å². The predicted octanol–water partition coefficient (Wildman–Crippen LogP) is 3.73. The van der Waals surface area contributed by atoms with Gasteiger partial charge in [-0.1, -0.05) is 27.2 Å². The minimum Gasteiger partial charge on any atom is -0.456 e. The first kappa shape index (κ1) is 73.1. The molecule has 0 bridgehead atoms. The van der Waals surface area contributed by atoms with Crippen LogP contribution in [0.15, 0.2) is 47.4 Å². The first-order chi connectivity index (χ1) is 43.8. The zero-order chi connectivity index (χ0) is 65.2. The molecule has 2 unspecified atom stereocenters. The predicted molar refractivity (Wildman–Crippen MR) is 334 cm³/mol. The van der Waals surface area contributed by atoms with E-state index in [1.165, 1.54) is 23.4 Å². The Morgan fingerprint density at radius 1 is 0.582 bits per heavy atom. The van der Waals surface area contributed by atoms with Crippen LogP contribution in [-0.2, 0) is 103 Å². The Balaban J connectivity index is 0.855. The summed E-state index contributed by atoms with van der Waals surface area (Å²) in [5, 5.41) is 2.25. The highest BCUT2D eigenvalue weighted by molar-refractivity contribution is 7.90. The fourth-order valence-electron chi connectivity index (χ4n) is 11.0. The third kappa shape index (κ3) is 21.6. The zero-order valence-electron chi connectivity index (χ0n) is 54.8. The van der Waals surface area contributed by atoms with Gasteiger partial charge in [0, 0.05) is 73.2 Å². The molecule has 0 aromatic heterocycles. The number of benzene rings is 3. The summed E-state index contributed by atoms with van der Waals surface area (Å²) in [6.45, 7) is 23.7. The van der Waals surface area contributed by atoms with E-state index >= 15 is 4.79 Å². The number of hydrogen-bond acceptors (Lipinski definition) is 20. The number of carbonyl (C=O) groups is 4. The van der Waals surface area contributed by atoms with Crippen LogP contribution in [0.1, 0.15) is 118 Å². The molecule has 3 aromatic rings. The Hall–Kier alpha value is -5.32. The van der Waals surface area contributed by atoms with Crippen LogP contribution in [0.2, 0.25) is 0 Å². The summed E-state index contributed by atoms with van der Waals surface area (Å²) in [6.07, 6.45) is 3.37. The van der Waals surface area contributed by atoms with E-state index in [0.29, 0.717) is 191 Å². The molecule has 24 heteroatoms. The van der Waals surface area contributed by atoms with E-state index in [2.05, 4.69) is 64.7 Å². The molecule has 3 aromatic carbocycles. The summed E-state index contributed by atoms with van der Waals surface area (Å²) >= 11 is 0. The molecule has 3 heterocycles. The number of hydroxylamine groups is 2. The third-order valence-electron chi connectivity index (χ3n) is 17.1. The highest BCUT2D eigenvalue weighted by Crippen LogP contribution is 2.48. The molecule has 3 aliphatic heterocycles. The number of unbranched alkanes of at least 4 members (excludes halogenated alkanes) is 2. The van der Waals surface area contributed by atoms with Crippen molar-refractivity contribution >= 4 is 39.1 Å². The van der Waals surface area contributed by atoms with E-state index in [1.807, 2.05) is 6.07 Å².